The Kier molecular flexibility index (Phi) is 7.17. The minimum absolute atomic E-state index is 0.325. The first-order chi connectivity index (χ1) is 16.4. The number of fused-ring (bicyclic) bond motifs is 1. The molecule has 0 amide bonds. The van der Waals surface area contributed by atoms with E-state index in [4.69, 9.17) is 21.1 Å². The number of halogens is 1. The van der Waals surface area contributed by atoms with Crippen molar-refractivity contribution in [2.24, 2.45) is 11.8 Å². The second-order valence-corrected chi connectivity index (χ2v) is 10.5. The lowest BCUT2D eigenvalue weighted by Crippen LogP contribution is -2.55. The fourth-order valence-corrected chi connectivity index (χ4v) is 6.17. The van der Waals surface area contributed by atoms with Crippen molar-refractivity contribution >= 4 is 11.6 Å². The van der Waals surface area contributed by atoms with Crippen LogP contribution >= 0.6 is 11.6 Å². The van der Waals surface area contributed by atoms with Crippen LogP contribution in [0.1, 0.15) is 54.9 Å². The van der Waals surface area contributed by atoms with E-state index in [1.54, 1.807) is 12.1 Å². The Labute approximate surface area is 205 Å². The minimum atomic E-state index is -1.41. The molecule has 2 aromatic rings. The summed E-state index contributed by atoms with van der Waals surface area (Å²) in [5.41, 5.74) is 2.56. The molecule has 7 heteroatoms. The first-order valence-corrected chi connectivity index (χ1v) is 12.6. The number of rotatable bonds is 6. The number of benzene rings is 2. The van der Waals surface area contributed by atoms with E-state index in [1.807, 2.05) is 30.3 Å². The quantitative estimate of drug-likeness (QED) is 0.497. The average molecular weight is 489 g/mol. The molecule has 7 unspecified atom stereocenters. The van der Waals surface area contributed by atoms with Crippen LogP contribution in [0.3, 0.4) is 0 Å². The van der Waals surface area contributed by atoms with Crippen molar-refractivity contribution in [1.29, 1.82) is 0 Å². The summed E-state index contributed by atoms with van der Waals surface area (Å²) < 4.78 is 12.0. The summed E-state index contributed by atoms with van der Waals surface area (Å²) in [6.07, 6.45) is 1.38. The zero-order valence-corrected chi connectivity index (χ0v) is 19.8. The third kappa shape index (κ3) is 4.85. The normalized spacial score (nSPS) is 35.3. The maximum absolute atomic E-state index is 10.5. The molecule has 0 radical (unpaired) electrons. The van der Waals surface area contributed by atoms with Crippen molar-refractivity contribution in [3.05, 3.63) is 64.2 Å². The summed E-state index contributed by atoms with van der Waals surface area (Å²) in [7, 11) is 0. The van der Waals surface area contributed by atoms with Gasteiger partial charge in [0.25, 0.3) is 0 Å². The van der Waals surface area contributed by atoms with Gasteiger partial charge >= 0.3 is 0 Å². The molecule has 6 nitrogen and oxygen atoms in total. The first-order valence-electron chi connectivity index (χ1n) is 12.3. The number of hydrogen-bond donors (Lipinski definition) is 4. The summed E-state index contributed by atoms with van der Waals surface area (Å²) in [4.78, 5) is 0. The predicted octanol–water partition coefficient (Wildman–Crippen LogP) is 3.40. The van der Waals surface area contributed by atoms with Gasteiger partial charge in [0, 0.05) is 5.02 Å². The number of aliphatic hydroxyl groups excluding tert-OH is 4. The van der Waals surface area contributed by atoms with E-state index in [1.165, 1.54) is 32.1 Å². The maximum atomic E-state index is 10.5. The molecule has 2 aliphatic carbocycles. The third-order valence-electron chi connectivity index (χ3n) is 7.86. The van der Waals surface area contributed by atoms with Gasteiger partial charge in [0.1, 0.15) is 36.3 Å². The molecule has 2 saturated carbocycles. The van der Waals surface area contributed by atoms with Crippen LogP contribution in [-0.4, -0.2) is 57.6 Å². The van der Waals surface area contributed by atoms with E-state index in [0.717, 1.165) is 28.7 Å². The zero-order chi connectivity index (χ0) is 23.8. The molecule has 3 fully saturated rings. The lowest BCUT2D eigenvalue weighted by Gasteiger charge is -2.40. The molecule has 1 saturated heterocycles. The molecule has 4 N–H and O–H groups in total. The van der Waals surface area contributed by atoms with Gasteiger partial charge in [-0.1, -0.05) is 55.1 Å². The highest BCUT2D eigenvalue weighted by molar-refractivity contribution is 6.31. The summed E-state index contributed by atoms with van der Waals surface area (Å²) in [6.45, 7) is -0.460. The highest BCUT2D eigenvalue weighted by atomic mass is 35.5. The summed E-state index contributed by atoms with van der Waals surface area (Å²) in [5, 5.41) is 40.7. The van der Waals surface area contributed by atoms with Crippen LogP contribution < -0.4 is 4.74 Å². The van der Waals surface area contributed by atoms with E-state index in [9.17, 15) is 20.4 Å². The number of aliphatic hydroxyl groups is 4. The van der Waals surface area contributed by atoms with Crippen molar-refractivity contribution in [3.8, 4) is 5.75 Å². The Bertz CT molecular complexity index is 968. The Morgan fingerprint density at radius 1 is 0.912 bits per heavy atom. The monoisotopic (exact) mass is 488 g/mol. The highest BCUT2D eigenvalue weighted by Gasteiger charge is 2.44. The number of ether oxygens (including phenoxy) is 2. The van der Waals surface area contributed by atoms with Crippen LogP contribution in [0.5, 0.6) is 5.75 Å². The van der Waals surface area contributed by atoms with Crippen LogP contribution in [0.15, 0.2) is 42.5 Å². The molecule has 0 spiro atoms. The molecule has 1 heterocycles. The standard InChI is InChI=1S/C27H33ClO6/c28-22-9-6-18(27-26(32)25(31)24(30)23(14-29)34-27)11-19(22)10-15-4-7-20(8-5-15)33-21-12-16-2-1-3-17(16)13-21/h4-9,11,16-17,21,23-27,29-32H,1-3,10,12-14H2. The smallest absolute Gasteiger partial charge is 0.119 e. The number of hydrogen-bond acceptors (Lipinski definition) is 6. The zero-order valence-electron chi connectivity index (χ0n) is 19.1. The topological polar surface area (TPSA) is 99.4 Å². The largest absolute Gasteiger partial charge is 0.490 e. The van der Waals surface area contributed by atoms with E-state index < -0.39 is 37.1 Å². The van der Waals surface area contributed by atoms with Gasteiger partial charge in [-0.2, -0.15) is 0 Å². The van der Waals surface area contributed by atoms with Crippen molar-refractivity contribution in [1.82, 2.24) is 0 Å². The van der Waals surface area contributed by atoms with Gasteiger partial charge < -0.3 is 29.9 Å². The summed E-state index contributed by atoms with van der Waals surface area (Å²) in [6, 6.07) is 13.4. The molecular weight excluding hydrogens is 456 g/mol. The SMILES string of the molecule is OCC1OC(c2ccc(Cl)c(Cc3ccc(OC4CC5CCCC5C4)cc3)c2)C(O)C(O)C1O. The van der Waals surface area contributed by atoms with Gasteiger partial charge in [0.15, 0.2) is 0 Å². The van der Waals surface area contributed by atoms with Gasteiger partial charge in [-0.15, -0.1) is 0 Å². The summed E-state index contributed by atoms with van der Waals surface area (Å²) in [5.74, 6) is 2.60. The Morgan fingerprint density at radius 2 is 1.62 bits per heavy atom. The van der Waals surface area contributed by atoms with Crippen LogP contribution in [0.4, 0.5) is 0 Å². The van der Waals surface area contributed by atoms with Crippen molar-refractivity contribution < 1.29 is 29.9 Å². The van der Waals surface area contributed by atoms with Crippen LogP contribution in [-0.2, 0) is 11.2 Å². The van der Waals surface area contributed by atoms with Crippen LogP contribution in [0, 0.1) is 11.8 Å². The van der Waals surface area contributed by atoms with E-state index in [-0.39, 0.29) is 0 Å². The van der Waals surface area contributed by atoms with Gasteiger partial charge in [-0.3, -0.25) is 0 Å². The molecule has 1 aliphatic heterocycles. The second-order valence-electron chi connectivity index (χ2n) is 10.1. The minimum Gasteiger partial charge on any atom is -0.490 e. The van der Waals surface area contributed by atoms with Crippen molar-refractivity contribution in [2.75, 3.05) is 6.61 Å². The van der Waals surface area contributed by atoms with Gasteiger partial charge in [-0.25, -0.2) is 0 Å². The fraction of sp³-hybridized carbons (Fsp3) is 0.556. The summed E-state index contributed by atoms with van der Waals surface area (Å²) >= 11 is 6.46. The molecule has 34 heavy (non-hydrogen) atoms. The Hall–Kier alpha value is -1.67. The molecule has 5 rings (SSSR count). The van der Waals surface area contributed by atoms with Crippen molar-refractivity contribution in [3.63, 3.8) is 0 Å². The second kappa shape index (κ2) is 10.1. The van der Waals surface area contributed by atoms with Crippen molar-refractivity contribution in [2.45, 2.75) is 75.1 Å². The molecule has 2 aromatic carbocycles. The van der Waals surface area contributed by atoms with E-state index in [0.29, 0.717) is 23.1 Å². The molecular formula is C27H33ClO6. The van der Waals surface area contributed by atoms with E-state index in [2.05, 4.69) is 0 Å². The van der Waals surface area contributed by atoms with Crippen LogP contribution in [0.25, 0.3) is 0 Å². The van der Waals surface area contributed by atoms with E-state index >= 15 is 0 Å². The predicted molar refractivity (Wildman–Crippen MR) is 128 cm³/mol. The Balaban J connectivity index is 1.26. The lowest BCUT2D eigenvalue weighted by atomic mass is 9.90. The third-order valence-corrected chi connectivity index (χ3v) is 8.23. The first kappa shape index (κ1) is 24.0. The average Bonchev–Trinajstić information content (AvgIpc) is 3.42. The fourth-order valence-electron chi connectivity index (χ4n) is 5.98. The molecule has 0 bridgehead atoms. The lowest BCUT2D eigenvalue weighted by molar-refractivity contribution is -0.231. The molecule has 184 valence electrons. The Morgan fingerprint density at radius 3 is 2.29 bits per heavy atom. The molecule has 7 atom stereocenters. The van der Waals surface area contributed by atoms with Gasteiger partial charge in [-0.05, 0) is 66.0 Å². The highest BCUT2D eigenvalue weighted by Crippen LogP contribution is 2.45. The van der Waals surface area contributed by atoms with Crippen LogP contribution in [0.2, 0.25) is 5.02 Å². The van der Waals surface area contributed by atoms with Gasteiger partial charge in [0.05, 0.1) is 12.7 Å². The van der Waals surface area contributed by atoms with Gasteiger partial charge in [0.2, 0.25) is 0 Å². The maximum Gasteiger partial charge on any atom is 0.119 e. The molecule has 0 aromatic heterocycles. The molecule has 3 aliphatic rings.